The fourth-order valence-electron chi connectivity index (χ4n) is 3.58. The summed E-state index contributed by atoms with van der Waals surface area (Å²) in [6.45, 7) is 2.22. The second kappa shape index (κ2) is 12.7. The summed E-state index contributed by atoms with van der Waals surface area (Å²) in [6, 6.07) is 0. The molecule has 1 fully saturated rings. The van der Waals surface area contributed by atoms with Crippen LogP contribution in [0.3, 0.4) is 0 Å². The van der Waals surface area contributed by atoms with Crippen molar-refractivity contribution in [1.82, 2.24) is 0 Å². The highest BCUT2D eigenvalue weighted by molar-refractivity contribution is 6.01. The van der Waals surface area contributed by atoms with E-state index in [2.05, 4.69) is 11.7 Å². The summed E-state index contributed by atoms with van der Waals surface area (Å²) in [7, 11) is 1.14. The molecule has 0 aromatic rings. The molecule has 1 aliphatic rings. The molecule has 6 nitrogen and oxygen atoms in total. The number of hydrogen-bond acceptors (Lipinski definition) is 5. The van der Waals surface area contributed by atoms with Crippen LogP contribution < -0.4 is 0 Å². The minimum absolute atomic E-state index is 0.479. The van der Waals surface area contributed by atoms with E-state index < -0.39 is 35.8 Å². The standard InChI is InChI=1S/C20H34O6/c1-3-4-5-6-7-8-9-10-11-12-13-14-15-16(18(21)22)17(19(23)25-2)20(24)26-15/h15-17H,3-14H2,1-2H3,(H,21,22)/t15-,16-,17?/m0/s1. The van der Waals surface area contributed by atoms with Crippen LogP contribution in [0.2, 0.25) is 0 Å². The minimum atomic E-state index is -1.34. The second-order valence-electron chi connectivity index (χ2n) is 7.16. The Kier molecular flexibility index (Phi) is 11.0. The number of carbonyl (C=O) groups excluding carboxylic acids is 2. The third-order valence-electron chi connectivity index (χ3n) is 5.11. The van der Waals surface area contributed by atoms with Crippen LogP contribution in [-0.2, 0) is 23.9 Å². The predicted octanol–water partition coefficient (Wildman–Crippen LogP) is 4.10. The van der Waals surface area contributed by atoms with Gasteiger partial charge in [-0.25, -0.2) is 0 Å². The van der Waals surface area contributed by atoms with Gasteiger partial charge in [0.15, 0.2) is 5.92 Å². The summed E-state index contributed by atoms with van der Waals surface area (Å²) in [5, 5.41) is 9.35. The number of ether oxygens (including phenoxy) is 2. The van der Waals surface area contributed by atoms with Gasteiger partial charge in [-0.15, -0.1) is 0 Å². The highest BCUT2D eigenvalue weighted by Gasteiger charge is 2.53. The highest BCUT2D eigenvalue weighted by atomic mass is 16.6. The Hall–Kier alpha value is -1.59. The first-order chi connectivity index (χ1) is 12.5. The smallest absolute Gasteiger partial charge is 0.321 e. The largest absolute Gasteiger partial charge is 0.481 e. The first kappa shape index (κ1) is 22.5. The summed E-state index contributed by atoms with van der Waals surface area (Å²) in [5.41, 5.74) is 0. The zero-order chi connectivity index (χ0) is 19.4. The van der Waals surface area contributed by atoms with Gasteiger partial charge in [0.05, 0.1) is 7.11 Å². The van der Waals surface area contributed by atoms with Crippen molar-refractivity contribution in [3.8, 4) is 0 Å². The van der Waals surface area contributed by atoms with E-state index in [1.807, 2.05) is 0 Å². The molecule has 0 aromatic heterocycles. The zero-order valence-electron chi connectivity index (χ0n) is 16.2. The lowest BCUT2D eigenvalue weighted by molar-refractivity contribution is -0.158. The van der Waals surface area contributed by atoms with Crippen molar-refractivity contribution in [2.24, 2.45) is 11.8 Å². The summed E-state index contributed by atoms with van der Waals surface area (Å²) < 4.78 is 9.68. The quantitative estimate of drug-likeness (QED) is 0.281. The van der Waals surface area contributed by atoms with Gasteiger partial charge in [0, 0.05) is 0 Å². The number of methoxy groups -OCH3 is 1. The van der Waals surface area contributed by atoms with E-state index in [1.54, 1.807) is 0 Å². The number of unbranched alkanes of at least 4 members (excludes halogenated alkanes) is 10. The Morgan fingerprint density at radius 1 is 0.962 bits per heavy atom. The van der Waals surface area contributed by atoms with E-state index in [-0.39, 0.29) is 0 Å². The van der Waals surface area contributed by atoms with Crippen LogP contribution in [-0.4, -0.2) is 36.2 Å². The van der Waals surface area contributed by atoms with Gasteiger partial charge in [-0.05, 0) is 12.8 Å². The normalized spacial score (nSPS) is 22.2. The molecule has 0 saturated carbocycles. The van der Waals surface area contributed by atoms with Crippen molar-refractivity contribution in [3.05, 3.63) is 0 Å². The summed E-state index contributed by atoms with van der Waals surface area (Å²) >= 11 is 0. The number of hydrogen-bond donors (Lipinski definition) is 1. The van der Waals surface area contributed by atoms with Crippen LogP contribution in [0.15, 0.2) is 0 Å². The Labute approximate surface area is 156 Å². The van der Waals surface area contributed by atoms with Gasteiger partial charge < -0.3 is 14.6 Å². The van der Waals surface area contributed by atoms with Crippen molar-refractivity contribution >= 4 is 17.9 Å². The fourth-order valence-corrected chi connectivity index (χ4v) is 3.58. The van der Waals surface area contributed by atoms with Gasteiger partial charge in [-0.1, -0.05) is 71.1 Å². The maximum atomic E-state index is 11.8. The molecule has 0 spiro atoms. The van der Waals surface area contributed by atoms with Gasteiger partial charge in [-0.3, -0.25) is 14.4 Å². The molecule has 1 saturated heterocycles. The Morgan fingerprint density at radius 2 is 1.46 bits per heavy atom. The molecule has 1 aliphatic heterocycles. The molecule has 1 rings (SSSR count). The molecule has 150 valence electrons. The van der Waals surface area contributed by atoms with Crippen LogP contribution in [0.25, 0.3) is 0 Å². The Balaban J connectivity index is 2.19. The maximum Gasteiger partial charge on any atom is 0.321 e. The molecule has 0 aromatic carbocycles. The molecule has 26 heavy (non-hydrogen) atoms. The van der Waals surface area contributed by atoms with E-state index in [0.29, 0.717) is 6.42 Å². The van der Waals surface area contributed by atoms with Crippen LogP contribution in [0.1, 0.15) is 84.0 Å². The first-order valence-electron chi connectivity index (χ1n) is 10.0. The Morgan fingerprint density at radius 3 is 1.92 bits per heavy atom. The van der Waals surface area contributed by atoms with Gasteiger partial charge in [-0.2, -0.15) is 0 Å². The molecule has 1 N–H and O–H groups in total. The number of cyclic esters (lactones) is 1. The highest BCUT2D eigenvalue weighted by Crippen LogP contribution is 2.33. The van der Waals surface area contributed by atoms with E-state index in [4.69, 9.17) is 4.74 Å². The van der Waals surface area contributed by atoms with E-state index in [9.17, 15) is 19.5 Å². The third-order valence-corrected chi connectivity index (χ3v) is 5.11. The van der Waals surface area contributed by atoms with Crippen molar-refractivity contribution in [3.63, 3.8) is 0 Å². The summed E-state index contributed by atoms with van der Waals surface area (Å²) in [4.78, 5) is 34.9. The van der Waals surface area contributed by atoms with Crippen LogP contribution in [0.5, 0.6) is 0 Å². The monoisotopic (exact) mass is 370 g/mol. The second-order valence-corrected chi connectivity index (χ2v) is 7.16. The van der Waals surface area contributed by atoms with Gasteiger partial charge >= 0.3 is 17.9 Å². The van der Waals surface area contributed by atoms with Crippen molar-refractivity contribution in [2.75, 3.05) is 7.11 Å². The van der Waals surface area contributed by atoms with Crippen LogP contribution in [0.4, 0.5) is 0 Å². The predicted molar refractivity (Wildman–Crippen MR) is 97.6 cm³/mol. The van der Waals surface area contributed by atoms with E-state index in [0.717, 1.165) is 26.4 Å². The zero-order valence-corrected chi connectivity index (χ0v) is 16.2. The van der Waals surface area contributed by atoms with Crippen LogP contribution >= 0.6 is 0 Å². The van der Waals surface area contributed by atoms with Gasteiger partial charge in [0.1, 0.15) is 12.0 Å². The summed E-state index contributed by atoms with van der Waals surface area (Å²) in [5.74, 6) is -5.27. The molecule has 3 atom stereocenters. The molecular weight excluding hydrogens is 336 g/mol. The molecule has 0 aliphatic carbocycles. The SMILES string of the molecule is CCCCCCCCCCCCC[C@@H]1OC(=O)C(C(=O)OC)[C@H]1C(=O)O. The molecule has 1 unspecified atom stereocenters. The van der Waals surface area contributed by atoms with E-state index in [1.165, 1.54) is 51.4 Å². The topological polar surface area (TPSA) is 89.9 Å². The lowest BCUT2D eigenvalue weighted by Crippen LogP contribution is -2.34. The molecule has 0 bridgehead atoms. The minimum Gasteiger partial charge on any atom is -0.481 e. The number of carboxylic acids is 1. The lowest BCUT2D eigenvalue weighted by Gasteiger charge is -2.15. The van der Waals surface area contributed by atoms with Crippen molar-refractivity contribution in [2.45, 2.75) is 90.1 Å². The lowest BCUT2D eigenvalue weighted by atomic mass is 9.88. The van der Waals surface area contributed by atoms with Gasteiger partial charge in [0.25, 0.3) is 0 Å². The number of carboxylic acid groups (broad SMARTS) is 1. The fraction of sp³-hybridized carbons (Fsp3) is 0.850. The van der Waals surface area contributed by atoms with Gasteiger partial charge in [0.2, 0.25) is 0 Å². The number of rotatable bonds is 14. The molecule has 0 amide bonds. The maximum absolute atomic E-state index is 11.8. The number of carbonyl (C=O) groups is 3. The molecule has 0 radical (unpaired) electrons. The number of esters is 2. The third kappa shape index (κ3) is 7.34. The van der Waals surface area contributed by atoms with E-state index >= 15 is 0 Å². The van der Waals surface area contributed by atoms with Crippen molar-refractivity contribution < 1.29 is 29.0 Å². The molecule has 6 heteroatoms. The Bertz CT molecular complexity index is 448. The number of aliphatic carboxylic acids is 1. The summed E-state index contributed by atoms with van der Waals surface area (Å²) in [6.07, 6.45) is 12.9. The van der Waals surface area contributed by atoms with Crippen LogP contribution in [0, 0.1) is 11.8 Å². The average molecular weight is 370 g/mol. The van der Waals surface area contributed by atoms with Crippen molar-refractivity contribution in [1.29, 1.82) is 0 Å². The molecule has 1 heterocycles. The first-order valence-corrected chi connectivity index (χ1v) is 10.0. The molecular formula is C20H34O6. The average Bonchev–Trinajstić information content (AvgIpc) is 2.95.